The van der Waals surface area contributed by atoms with E-state index in [1.54, 1.807) is 12.1 Å². The van der Waals surface area contributed by atoms with Crippen molar-refractivity contribution in [3.8, 4) is 5.75 Å². The highest BCUT2D eigenvalue weighted by atomic mass is 16.5. The number of carbonyl (C=O) groups is 1. The van der Waals surface area contributed by atoms with Crippen LogP contribution in [0.5, 0.6) is 5.75 Å². The van der Waals surface area contributed by atoms with E-state index in [-0.39, 0.29) is 5.91 Å². The van der Waals surface area contributed by atoms with Gasteiger partial charge < -0.3 is 15.4 Å². The summed E-state index contributed by atoms with van der Waals surface area (Å²) in [7, 11) is 0. The molecule has 0 aliphatic heterocycles. The van der Waals surface area contributed by atoms with Crippen molar-refractivity contribution in [2.45, 2.75) is 26.7 Å². The van der Waals surface area contributed by atoms with Crippen LogP contribution in [0.2, 0.25) is 0 Å². The molecule has 1 rings (SSSR count). The van der Waals surface area contributed by atoms with E-state index < -0.39 is 0 Å². The minimum atomic E-state index is -0.0435. The summed E-state index contributed by atoms with van der Waals surface area (Å²) in [5.41, 5.74) is 0.666. The van der Waals surface area contributed by atoms with Crippen LogP contribution >= 0.6 is 0 Å². The first-order chi connectivity index (χ1) is 9.27. The molecule has 0 bridgehead atoms. The summed E-state index contributed by atoms with van der Waals surface area (Å²) in [6.07, 6.45) is 2.17. The van der Waals surface area contributed by atoms with Crippen LogP contribution in [0, 0.1) is 0 Å². The normalized spacial score (nSPS) is 10.2. The summed E-state index contributed by atoms with van der Waals surface area (Å²) in [5, 5.41) is 6.02. The van der Waals surface area contributed by atoms with Crippen molar-refractivity contribution in [3.63, 3.8) is 0 Å². The molecule has 1 aromatic rings. The smallest absolute Gasteiger partial charge is 0.251 e. The van der Waals surface area contributed by atoms with Gasteiger partial charge in [-0.1, -0.05) is 20.3 Å². The fraction of sp³-hybridized carbons (Fsp3) is 0.533. The Hall–Kier alpha value is -1.55. The summed E-state index contributed by atoms with van der Waals surface area (Å²) in [6, 6.07) is 7.28. The number of hydrogen-bond acceptors (Lipinski definition) is 3. The average molecular weight is 264 g/mol. The minimum absolute atomic E-state index is 0.0435. The lowest BCUT2D eigenvalue weighted by Crippen LogP contribution is -2.31. The standard InChI is InChI=1S/C15H24N2O2/c1-3-5-12-19-14-8-6-13(7-9-14)15(18)17-11-10-16-4-2/h6-9,16H,3-5,10-12H2,1-2H3,(H,17,18). The van der Waals surface area contributed by atoms with E-state index in [1.807, 2.05) is 19.1 Å². The number of ether oxygens (including phenoxy) is 1. The van der Waals surface area contributed by atoms with E-state index in [9.17, 15) is 4.79 Å². The van der Waals surface area contributed by atoms with Gasteiger partial charge in [0.2, 0.25) is 0 Å². The van der Waals surface area contributed by atoms with Crippen LogP contribution in [0.3, 0.4) is 0 Å². The van der Waals surface area contributed by atoms with Crippen LogP contribution in [0.15, 0.2) is 24.3 Å². The Morgan fingerprint density at radius 3 is 2.53 bits per heavy atom. The first-order valence-electron chi connectivity index (χ1n) is 6.99. The van der Waals surface area contributed by atoms with Gasteiger partial charge in [0.25, 0.3) is 5.91 Å². The molecule has 106 valence electrons. The van der Waals surface area contributed by atoms with Crippen molar-refractivity contribution in [3.05, 3.63) is 29.8 Å². The highest BCUT2D eigenvalue weighted by molar-refractivity contribution is 5.94. The van der Waals surface area contributed by atoms with Gasteiger partial charge in [-0.3, -0.25) is 4.79 Å². The zero-order valence-electron chi connectivity index (χ0n) is 11.9. The van der Waals surface area contributed by atoms with Gasteiger partial charge in [-0.25, -0.2) is 0 Å². The molecular weight excluding hydrogens is 240 g/mol. The first-order valence-corrected chi connectivity index (χ1v) is 6.99. The molecule has 4 heteroatoms. The molecule has 0 heterocycles. The second kappa shape index (κ2) is 9.39. The maximum Gasteiger partial charge on any atom is 0.251 e. The van der Waals surface area contributed by atoms with Gasteiger partial charge in [0, 0.05) is 18.7 Å². The second-order valence-corrected chi connectivity index (χ2v) is 4.34. The fourth-order valence-electron chi connectivity index (χ4n) is 1.58. The summed E-state index contributed by atoms with van der Waals surface area (Å²) in [5.74, 6) is 0.774. The van der Waals surface area contributed by atoms with Gasteiger partial charge in [0.15, 0.2) is 0 Å². The third-order valence-corrected chi connectivity index (χ3v) is 2.72. The Balaban J connectivity index is 2.35. The number of amides is 1. The third-order valence-electron chi connectivity index (χ3n) is 2.72. The molecule has 19 heavy (non-hydrogen) atoms. The van der Waals surface area contributed by atoms with Gasteiger partial charge >= 0.3 is 0 Å². The van der Waals surface area contributed by atoms with Gasteiger partial charge in [-0.2, -0.15) is 0 Å². The molecule has 1 amide bonds. The van der Waals surface area contributed by atoms with Crippen LogP contribution in [0.25, 0.3) is 0 Å². The molecule has 4 nitrogen and oxygen atoms in total. The van der Waals surface area contributed by atoms with Crippen molar-refractivity contribution in [2.75, 3.05) is 26.2 Å². The van der Waals surface area contributed by atoms with Crippen LogP contribution in [0.1, 0.15) is 37.0 Å². The Labute approximate surface area is 115 Å². The lowest BCUT2D eigenvalue weighted by atomic mass is 10.2. The molecule has 0 aliphatic rings. The lowest BCUT2D eigenvalue weighted by molar-refractivity contribution is 0.0954. The van der Waals surface area contributed by atoms with E-state index in [4.69, 9.17) is 4.74 Å². The first kappa shape index (κ1) is 15.5. The summed E-state index contributed by atoms with van der Waals surface area (Å²) >= 11 is 0. The zero-order chi connectivity index (χ0) is 13.9. The highest BCUT2D eigenvalue weighted by Crippen LogP contribution is 2.12. The van der Waals surface area contributed by atoms with Crippen LogP contribution in [-0.4, -0.2) is 32.1 Å². The van der Waals surface area contributed by atoms with Crippen LogP contribution in [-0.2, 0) is 0 Å². The Kier molecular flexibility index (Phi) is 7.66. The van der Waals surface area contributed by atoms with Crippen molar-refractivity contribution < 1.29 is 9.53 Å². The van der Waals surface area contributed by atoms with E-state index in [0.29, 0.717) is 12.1 Å². The number of hydrogen-bond donors (Lipinski definition) is 2. The molecule has 1 aromatic carbocycles. The summed E-state index contributed by atoms with van der Waals surface area (Å²) in [4.78, 5) is 11.8. The number of unbranched alkanes of at least 4 members (excludes halogenated alkanes) is 1. The maximum absolute atomic E-state index is 11.8. The lowest BCUT2D eigenvalue weighted by Gasteiger charge is -2.07. The number of rotatable bonds is 9. The van der Waals surface area contributed by atoms with Crippen LogP contribution < -0.4 is 15.4 Å². The summed E-state index contributed by atoms with van der Waals surface area (Å²) in [6.45, 7) is 7.25. The molecule has 0 spiro atoms. The molecule has 2 N–H and O–H groups in total. The zero-order valence-corrected chi connectivity index (χ0v) is 11.9. The monoisotopic (exact) mass is 264 g/mol. The minimum Gasteiger partial charge on any atom is -0.494 e. The van der Waals surface area contributed by atoms with Gasteiger partial charge in [0.05, 0.1) is 6.61 Å². The van der Waals surface area contributed by atoms with Gasteiger partial charge in [0.1, 0.15) is 5.75 Å². The average Bonchev–Trinajstić information content (AvgIpc) is 2.44. The number of benzene rings is 1. The van der Waals surface area contributed by atoms with E-state index in [2.05, 4.69) is 17.6 Å². The molecule has 0 unspecified atom stereocenters. The van der Waals surface area contributed by atoms with Crippen molar-refractivity contribution >= 4 is 5.91 Å². The molecular formula is C15H24N2O2. The SMILES string of the molecule is CCCCOc1ccc(C(=O)NCCNCC)cc1. The quantitative estimate of drug-likeness (QED) is 0.672. The predicted octanol–water partition coefficient (Wildman–Crippen LogP) is 2.20. The fourth-order valence-corrected chi connectivity index (χ4v) is 1.58. The summed E-state index contributed by atoms with van der Waals surface area (Å²) < 4.78 is 5.55. The van der Waals surface area contributed by atoms with Crippen LogP contribution in [0.4, 0.5) is 0 Å². The Morgan fingerprint density at radius 2 is 1.89 bits per heavy atom. The Morgan fingerprint density at radius 1 is 1.16 bits per heavy atom. The molecule has 0 radical (unpaired) electrons. The maximum atomic E-state index is 11.8. The molecule has 0 saturated carbocycles. The van der Waals surface area contributed by atoms with Crippen molar-refractivity contribution in [1.29, 1.82) is 0 Å². The second-order valence-electron chi connectivity index (χ2n) is 4.34. The third kappa shape index (κ3) is 6.25. The number of carbonyl (C=O) groups excluding carboxylic acids is 1. The highest BCUT2D eigenvalue weighted by Gasteiger charge is 2.04. The molecule has 0 fully saturated rings. The van der Waals surface area contributed by atoms with E-state index in [1.165, 1.54) is 0 Å². The van der Waals surface area contributed by atoms with Crippen molar-refractivity contribution in [2.24, 2.45) is 0 Å². The predicted molar refractivity (Wildman–Crippen MR) is 77.7 cm³/mol. The van der Waals surface area contributed by atoms with Crippen molar-refractivity contribution in [1.82, 2.24) is 10.6 Å². The number of nitrogens with one attached hydrogen (secondary N) is 2. The van der Waals surface area contributed by atoms with Gasteiger partial charge in [-0.05, 0) is 37.2 Å². The van der Waals surface area contributed by atoms with E-state index in [0.717, 1.165) is 38.3 Å². The molecule has 0 atom stereocenters. The topological polar surface area (TPSA) is 50.4 Å². The van der Waals surface area contributed by atoms with E-state index >= 15 is 0 Å². The van der Waals surface area contributed by atoms with Gasteiger partial charge in [-0.15, -0.1) is 0 Å². The molecule has 0 saturated heterocycles. The molecule has 0 aromatic heterocycles. The Bertz CT molecular complexity index is 363. The number of likely N-dealkylation sites (N-methyl/N-ethyl adjacent to an activating group) is 1. The largest absolute Gasteiger partial charge is 0.494 e. The molecule has 0 aliphatic carbocycles.